The van der Waals surface area contributed by atoms with Crippen molar-refractivity contribution in [3.8, 4) is 6.07 Å². The van der Waals surface area contributed by atoms with Gasteiger partial charge >= 0.3 is 0 Å². The first-order valence-electron chi connectivity index (χ1n) is 10.8. The topological polar surface area (TPSA) is 115 Å². The number of benzene rings is 1. The van der Waals surface area contributed by atoms with Gasteiger partial charge in [-0.3, -0.25) is 19.3 Å². The SMILES string of the molecule is CN1C[C@@H](NC(=O)c2ccc(CI)s2)C[C@H]1C(=O)Nc1ccc(N2CCOCC2=O)cc1C#N. The summed E-state index contributed by atoms with van der Waals surface area (Å²) in [7, 11) is 1.84. The van der Waals surface area contributed by atoms with E-state index in [2.05, 4.69) is 39.3 Å². The van der Waals surface area contributed by atoms with E-state index in [0.29, 0.717) is 42.4 Å². The minimum absolute atomic E-state index is 0.0119. The fourth-order valence-electron chi connectivity index (χ4n) is 4.15. The molecule has 2 fully saturated rings. The molecule has 178 valence electrons. The number of halogens is 1. The Kier molecular flexibility index (Phi) is 7.82. The van der Waals surface area contributed by atoms with Crippen LogP contribution in [0.4, 0.5) is 11.4 Å². The van der Waals surface area contributed by atoms with Gasteiger partial charge in [-0.05, 0) is 43.8 Å². The number of thiophene rings is 1. The highest BCUT2D eigenvalue weighted by Gasteiger charge is 2.35. The molecule has 0 unspecified atom stereocenters. The van der Waals surface area contributed by atoms with Gasteiger partial charge in [0.2, 0.25) is 5.91 Å². The van der Waals surface area contributed by atoms with E-state index in [1.54, 1.807) is 23.1 Å². The van der Waals surface area contributed by atoms with E-state index in [4.69, 9.17) is 4.74 Å². The summed E-state index contributed by atoms with van der Waals surface area (Å²) >= 11 is 3.74. The highest BCUT2D eigenvalue weighted by atomic mass is 127. The minimum Gasteiger partial charge on any atom is -0.370 e. The zero-order valence-corrected chi connectivity index (χ0v) is 21.5. The van der Waals surface area contributed by atoms with E-state index >= 15 is 0 Å². The van der Waals surface area contributed by atoms with Crippen LogP contribution in [0.5, 0.6) is 0 Å². The van der Waals surface area contributed by atoms with Gasteiger partial charge in [-0.25, -0.2) is 0 Å². The van der Waals surface area contributed by atoms with E-state index in [1.165, 1.54) is 11.3 Å². The fraction of sp³-hybridized carbons (Fsp3) is 0.391. The number of hydrogen-bond donors (Lipinski definition) is 2. The average molecular weight is 593 g/mol. The lowest BCUT2D eigenvalue weighted by Crippen LogP contribution is -2.41. The molecule has 0 aliphatic carbocycles. The normalized spacial score (nSPS) is 20.7. The molecule has 0 spiro atoms. The number of nitrogens with one attached hydrogen (secondary N) is 2. The molecule has 0 saturated carbocycles. The summed E-state index contributed by atoms with van der Waals surface area (Å²) in [6.07, 6.45) is 0.473. The van der Waals surface area contributed by atoms with Gasteiger partial charge in [0, 0.05) is 34.1 Å². The van der Waals surface area contributed by atoms with Crippen LogP contribution < -0.4 is 15.5 Å². The maximum absolute atomic E-state index is 13.0. The molecule has 3 amide bonds. The van der Waals surface area contributed by atoms with Gasteiger partial charge in [0.05, 0.1) is 28.8 Å². The number of hydrogen-bond acceptors (Lipinski definition) is 7. The summed E-state index contributed by atoms with van der Waals surface area (Å²) in [5.74, 6) is -0.532. The van der Waals surface area contributed by atoms with Crippen LogP contribution in [0.25, 0.3) is 0 Å². The quantitative estimate of drug-likeness (QED) is 0.393. The van der Waals surface area contributed by atoms with Crippen LogP contribution >= 0.6 is 33.9 Å². The van der Waals surface area contributed by atoms with Crippen LogP contribution in [0, 0.1) is 11.3 Å². The van der Waals surface area contributed by atoms with Gasteiger partial charge in [-0.2, -0.15) is 5.26 Å². The highest BCUT2D eigenvalue weighted by molar-refractivity contribution is 14.1. The van der Waals surface area contributed by atoms with E-state index in [9.17, 15) is 19.6 Å². The number of alkyl halides is 1. The molecule has 3 heterocycles. The molecule has 0 bridgehead atoms. The molecule has 1 aromatic carbocycles. The number of rotatable bonds is 6. The van der Waals surface area contributed by atoms with E-state index in [0.717, 1.165) is 9.30 Å². The zero-order chi connectivity index (χ0) is 24.2. The smallest absolute Gasteiger partial charge is 0.261 e. The maximum Gasteiger partial charge on any atom is 0.261 e. The van der Waals surface area contributed by atoms with Gasteiger partial charge in [-0.1, -0.05) is 22.6 Å². The third kappa shape index (κ3) is 5.41. The summed E-state index contributed by atoms with van der Waals surface area (Å²) in [5.41, 5.74) is 1.27. The number of carbonyl (C=O) groups excluding carboxylic acids is 3. The number of nitrogens with zero attached hydrogens (tertiary/aromatic N) is 3. The first-order valence-corrected chi connectivity index (χ1v) is 13.1. The number of amides is 3. The minimum atomic E-state index is -0.439. The van der Waals surface area contributed by atoms with Crippen molar-refractivity contribution in [2.45, 2.75) is 22.9 Å². The third-order valence-corrected chi connectivity index (χ3v) is 8.31. The standard InChI is InChI=1S/C23H24IN5O4S/c1-28-12-15(26-23(32)20-5-3-17(10-24)34-20)9-19(28)22(31)27-18-4-2-16(8-14(18)11-25)29-6-7-33-13-21(29)30/h2-5,8,15,19H,6-7,9-10,12-13H2,1H3,(H,26,32)(H,27,31)/t15-,19-/m0/s1. The maximum atomic E-state index is 13.0. The van der Waals surface area contributed by atoms with Crippen molar-refractivity contribution in [1.82, 2.24) is 10.2 Å². The lowest BCUT2D eigenvalue weighted by Gasteiger charge is -2.27. The molecular weight excluding hydrogens is 569 g/mol. The third-order valence-electron chi connectivity index (χ3n) is 5.88. The van der Waals surface area contributed by atoms with Gasteiger partial charge in [0.25, 0.3) is 11.8 Å². The molecule has 2 aliphatic rings. The summed E-state index contributed by atoms with van der Waals surface area (Å²) in [6.45, 7) is 1.42. The molecule has 4 rings (SSSR count). The van der Waals surface area contributed by atoms with E-state index < -0.39 is 6.04 Å². The van der Waals surface area contributed by atoms with Crippen LogP contribution in [0.2, 0.25) is 0 Å². The molecular formula is C23H24IN5O4S. The van der Waals surface area contributed by atoms with Crippen LogP contribution in [0.15, 0.2) is 30.3 Å². The van der Waals surface area contributed by atoms with Crippen molar-refractivity contribution in [2.75, 3.05) is 43.6 Å². The van der Waals surface area contributed by atoms with Gasteiger partial charge < -0.3 is 20.3 Å². The van der Waals surface area contributed by atoms with Crippen molar-refractivity contribution in [1.29, 1.82) is 5.26 Å². The predicted molar refractivity (Wildman–Crippen MR) is 137 cm³/mol. The first kappa shape index (κ1) is 24.6. The summed E-state index contributed by atoms with van der Waals surface area (Å²) < 4.78 is 6.01. The van der Waals surface area contributed by atoms with Gasteiger partial charge in [0.1, 0.15) is 12.7 Å². The Labute approximate surface area is 215 Å². The van der Waals surface area contributed by atoms with Crippen LogP contribution in [0.3, 0.4) is 0 Å². The Morgan fingerprint density at radius 1 is 1.32 bits per heavy atom. The highest BCUT2D eigenvalue weighted by Crippen LogP contribution is 2.26. The van der Waals surface area contributed by atoms with Gasteiger partial charge in [0.15, 0.2) is 0 Å². The molecule has 2 aromatic rings. The summed E-state index contributed by atoms with van der Waals surface area (Å²) in [6, 6.07) is 10.3. The first-order chi connectivity index (χ1) is 16.4. The second-order valence-corrected chi connectivity index (χ2v) is 10.1. The molecule has 2 saturated heterocycles. The molecule has 1 aromatic heterocycles. The number of nitriles is 1. The van der Waals surface area contributed by atoms with Crippen molar-refractivity contribution in [3.05, 3.63) is 45.6 Å². The van der Waals surface area contributed by atoms with E-state index in [-0.39, 0.29) is 35.9 Å². The molecule has 2 N–H and O–H groups in total. The van der Waals surface area contributed by atoms with Crippen LogP contribution in [-0.4, -0.2) is 68.1 Å². The van der Waals surface area contributed by atoms with E-state index in [1.807, 2.05) is 24.1 Å². The Morgan fingerprint density at radius 2 is 2.15 bits per heavy atom. The molecule has 34 heavy (non-hydrogen) atoms. The molecule has 11 heteroatoms. The Hall–Kier alpha value is -2.53. The number of ether oxygens (including phenoxy) is 1. The lowest BCUT2D eigenvalue weighted by molar-refractivity contribution is -0.125. The Balaban J connectivity index is 1.39. The van der Waals surface area contributed by atoms with Crippen molar-refractivity contribution in [2.24, 2.45) is 0 Å². The fourth-order valence-corrected chi connectivity index (χ4v) is 5.63. The Bertz CT molecular complexity index is 1150. The zero-order valence-electron chi connectivity index (χ0n) is 18.5. The second-order valence-electron chi connectivity index (χ2n) is 8.19. The second kappa shape index (κ2) is 10.8. The van der Waals surface area contributed by atoms with Crippen molar-refractivity contribution < 1.29 is 19.1 Å². The monoisotopic (exact) mass is 593 g/mol. The number of morpholine rings is 1. The number of likely N-dealkylation sites (tertiary alicyclic amines) is 1. The number of likely N-dealkylation sites (N-methyl/N-ethyl adjacent to an activating group) is 1. The van der Waals surface area contributed by atoms with Crippen molar-refractivity contribution >= 4 is 63.0 Å². The number of anilines is 2. The molecule has 0 radical (unpaired) electrons. The lowest BCUT2D eigenvalue weighted by atomic mass is 10.1. The Morgan fingerprint density at radius 3 is 2.85 bits per heavy atom. The van der Waals surface area contributed by atoms with Crippen LogP contribution in [-0.2, 0) is 18.8 Å². The predicted octanol–water partition coefficient (Wildman–Crippen LogP) is 2.36. The van der Waals surface area contributed by atoms with Crippen LogP contribution in [0.1, 0.15) is 26.5 Å². The number of carbonyl (C=O) groups is 3. The molecule has 2 aliphatic heterocycles. The molecule has 9 nitrogen and oxygen atoms in total. The van der Waals surface area contributed by atoms with Crippen molar-refractivity contribution in [3.63, 3.8) is 0 Å². The van der Waals surface area contributed by atoms with Gasteiger partial charge in [-0.15, -0.1) is 11.3 Å². The summed E-state index contributed by atoms with van der Waals surface area (Å²) in [5, 5.41) is 15.5. The largest absolute Gasteiger partial charge is 0.370 e. The average Bonchev–Trinajstić information content (AvgIpc) is 3.46. The molecule has 2 atom stereocenters. The summed E-state index contributed by atoms with van der Waals surface area (Å²) in [4.78, 5) is 43.0.